The van der Waals surface area contributed by atoms with Gasteiger partial charge in [0.25, 0.3) is 0 Å². The van der Waals surface area contributed by atoms with Gasteiger partial charge in [0.15, 0.2) is 0 Å². The van der Waals surface area contributed by atoms with Crippen molar-refractivity contribution < 1.29 is 9.53 Å². The maximum atomic E-state index is 10.7. The summed E-state index contributed by atoms with van der Waals surface area (Å²) in [6.07, 6.45) is 1.57. The van der Waals surface area contributed by atoms with Crippen LogP contribution in [0, 0.1) is 0 Å². The van der Waals surface area contributed by atoms with Gasteiger partial charge in [0.1, 0.15) is 11.5 Å². The number of nitrogens with one attached hydrogen (secondary N) is 1. The minimum Gasteiger partial charge on any atom is -0.457 e. The molecular formula is C15H14N2O2. The Labute approximate surface area is 111 Å². The monoisotopic (exact) mass is 254 g/mol. The van der Waals surface area contributed by atoms with Crippen LogP contribution in [0.5, 0.6) is 11.5 Å². The number of benzene rings is 2. The molecule has 0 unspecified atom stereocenters. The first-order valence-corrected chi connectivity index (χ1v) is 5.86. The number of hydrogen-bond donors (Lipinski definition) is 1. The summed E-state index contributed by atoms with van der Waals surface area (Å²) in [5, 5.41) is 3.81. The van der Waals surface area contributed by atoms with Crippen molar-refractivity contribution in [1.82, 2.24) is 5.43 Å². The van der Waals surface area contributed by atoms with Gasteiger partial charge in [-0.3, -0.25) is 4.79 Å². The number of carbonyl (C=O) groups is 1. The van der Waals surface area contributed by atoms with E-state index in [9.17, 15) is 4.79 Å². The van der Waals surface area contributed by atoms with Crippen molar-refractivity contribution >= 4 is 12.1 Å². The van der Waals surface area contributed by atoms with Gasteiger partial charge in [0.2, 0.25) is 5.91 Å². The largest absolute Gasteiger partial charge is 0.457 e. The Morgan fingerprint density at radius 2 is 1.84 bits per heavy atom. The molecule has 1 amide bonds. The summed E-state index contributed by atoms with van der Waals surface area (Å²) in [5.41, 5.74) is 3.20. The molecule has 0 spiro atoms. The van der Waals surface area contributed by atoms with E-state index in [1.165, 1.54) is 6.92 Å². The average Bonchev–Trinajstić information content (AvgIpc) is 2.40. The predicted octanol–water partition coefficient (Wildman–Crippen LogP) is 2.95. The lowest BCUT2D eigenvalue weighted by Gasteiger charge is -2.05. The molecule has 96 valence electrons. The summed E-state index contributed by atoms with van der Waals surface area (Å²) in [5.74, 6) is 1.30. The average molecular weight is 254 g/mol. The van der Waals surface area contributed by atoms with Gasteiger partial charge in [-0.15, -0.1) is 0 Å². The van der Waals surface area contributed by atoms with Gasteiger partial charge < -0.3 is 4.74 Å². The van der Waals surface area contributed by atoms with Gasteiger partial charge in [0, 0.05) is 6.92 Å². The van der Waals surface area contributed by atoms with E-state index in [4.69, 9.17) is 4.74 Å². The third-order valence-electron chi connectivity index (χ3n) is 2.27. The fourth-order valence-electron chi connectivity index (χ4n) is 1.48. The van der Waals surface area contributed by atoms with E-state index in [1.54, 1.807) is 6.21 Å². The maximum absolute atomic E-state index is 10.7. The maximum Gasteiger partial charge on any atom is 0.236 e. The predicted molar refractivity (Wildman–Crippen MR) is 74.4 cm³/mol. The lowest BCUT2D eigenvalue weighted by molar-refractivity contribution is -0.118. The van der Waals surface area contributed by atoms with Crippen molar-refractivity contribution in [1.29, 1.82) is 0 Å². The van der Waals surface area contributed by atoms with E-state index in [1.807, 2.05) is 54.6 Å². The van der Waals surface area contributed by atoms with Crippen LogP contribution >= 0.6 is 0 Å². The van der Waals surface area contributed by atoms with E-state index in [0.29, 0.717) is 0 Å². The van der Waals surface area contributed by atoms with Crippen LogP contribution < -0.4 is 10.2 Å². The first kappa shape index (κ1) is 12.8. The zero-order valence-corrected chi connectivity index (χ0v) is 10.5. The van der Waals surface area contributed by atoms with Crippen molar-refractivity contribution in [2.75, 3.05) is 0 Å². The Balaban J connectivity index is 2.07. The Bertz CT molecular complexity index is 580. The van der Waals surface area contributed by atoms with Gasteiger partial charge in [0.05, 0.1) is 6.21 Å². The summed E-state index contributed by atoms with van der Waals surface area (Å²) in [6, 6.07) is 17.0. The number of hydrogen-bond acceptors (Lipinski definition) is 3. The Kier molecular flexibility index (Phi) is 4.29. The molecule has 0 aliphatic rings. The van der Waals surface area contributed by atoms with Crippen molar-refractivity contribution in [2.45, 2.75) is 6.92 Å². The molecule has 2 rings (SSSR count). The third-order valence-corrected chi connectivity index (χ3v) is 2.27. The van der Waals surface area contributed by atoms with E-state index >= 15 is 0 Å². The standard InChI is InChI=1S/C15H14N2O2/c1-12(18)17-16-11-13-6-5-9-15(10-13)19-14-7-3-2-4-8-14/h2-11H,1H3,(H,17,18)/b16-11+. The number of carbonyl (C=O) groups excluding carboxylic acids is 1. The molecule has 0 atom stereocenters. The molecule has 4 nitrogen and oxygen atoms in total. The quantitative estimate of drug-likeness (QED) is 0.673. The summed E-state index contributed by atoms with van der Waals surface area (Å²) < 4.78 is 5.70. The lowest BCUT2D eigenvalue weighted by Crippen LogP contribution is -2.12. The highest BCUT2D eigenvalue weighted by molar-refractivity contribution is 5.82. The van der Waals surface area contributed by atoms with Crippen LogP contribution in [0.15, 0.2) is 59.7 Å². The molecule has 4 heteroatoms. The van der Waals surface area contributed by atoms with Crippen molar-refractivity contribution in [2.24, 2.45) is 5.10 Å². The number of nitrogens with zero attached hydrogens (tertiary/aromatic N) is 1. The van der Waals surface area contributed by atoms with Crippen LogP contribution in [-0.4, -0.2) is 12.1 Å². The second-order valence-corrected chi connectivity index (χ2v) is 3.91. The second-order valence-electron chi connectivity index (χ2n) is 3.91. The van der Waals surface area contributed by atoms with Crippen LogP contribution in [-0.2, 0) is 4.79 Å². The molecule has 0 bridgehead atoms. The number of ether oxygens (including phenoxy) is 1. The molecule has 0 aliphatic heterocycles. The fourth-order valence-corrected chi connectivity index (χ4v) is 1.48. The normalized spacial score (nSPS) is 10.4. The first-order chi connectivity index (χ1) is 9.24. The van der Waals surface area contributed by atoms with Gasteiger partial charge >= 0.3 is 0 Å². The van der Waals surface area contributed by atoms with E-state index in [0.717, 1.165) is 17.1 Å². The van der Waals surface area contributed by atoms with Crippen molar-refractivity contribution in [3.8, 4) is 11.5 Å². The Morgan fingerprint density at radius 1 is 1.11 bits per heavy atom. The van der Waals surface area contributed by atoms with E-state index in [-0.39, 0.29) is 5.91 Å². The van der Waals surface area contributed by atoms with Crippen LogP contribution in [0.25, 0.3) is 0 Å². The minimum absolute atomic E-state index is 0.201. The third kappa shape index (κ3) is 4.27. The molecular weight excluding hydrogens is 240 g/mol. The smallest absolute Gasteiger partial charge is 0.236 e. The van der Waals surface area contributed by atoms with Gasteiger partial charge in [-0.05, 0) is 29.8 Å². The SMILES string of the molecule is CC(=O)N/N=C/c1cccc(Oc2ccccc2)c1. The van der Waals surface area contributed by atoms with Crippen LogP contribution in [0.4, 0.5) is 0 Å². The summed E-state index contributed by atoms with van der Waals surface area (Å²) in [6.45, 7) is 1.41. The van der Waals surface area contributed by atoms with E-state index in [2.05, 4.69) is 10.5 Å². The molecule has 0 aromatic heterocycles. The Morgan fingerprint density at radius 3 is 2.58 bits per heavy atom. The van der Waals surface area contributed by atoms with Crippen molar-refractivity contribution in [3.63, 3.8) is 0 Å². The van der Waals surface area contributed by atoms with E-state index < -0.39 is 0 Å². The highest BCUT2D eigenvalue weighted by Crippen LogP contribution is 2.21. The molecule has 1 N–H and O–H groups in total. The minimum atomic E-state index is -0.201. The molecule has 0 heterocycles. The van der Waals surface area contributed by atoms with Crippen molar-refractivity contribution in [3.05, 3.63) is 60.2 Å². The lowest BCUT2D eigenvalue weighted by atomic mass is 10.2. The summed E-state index contributed by atoms with van der Waals surface area (Å²) in [7, 11) is 0. The topological polar surface area (TPSA) is 50.7 Å². The van der Waals surface area contributed by atoms with Gasteiger partial charge in [-0.1, -0.05) is 30.3 Å². The first-order valence-electron chi connectivity index (χ1n) is 5.86. The molecule has 2 aromatic carbocycles. The molecule has 0 saturated carbocycles. The summed E-state index contributed by atoms with van der Waals surface area (Å²) >= 11 is 0. The summed E-state index contributed by atoms with van der Waals surface area (Å²) in [4.78, 5) is 10.7. The van der Waals surface area contributed by atoms with Crippen LogP contribution in [0.2, 0.25) is 0 Å². The molecule has 0 radical (unpaired) electrons. The highest BCUT2D eigenvalue weighted by Gasteiger charge is 1.97. The number of amides is 1. The second kappa shape index (κ2) is 6.35. The molecule has 0 saturated heterocycles. The van der Waals surface area contributed by atoms with Gasteiger partial charge in [-0.2, -0.15) is 5.10 Å². The fraction of sp³-hybridized carbons (Fsp3) is 0.0667. The highest BCUT2D eigenvalue weighted by atomic mass is 16.5. The molecule has 0 aliphatic carbocycles. The van der Waals surface area contributed by atoms with Crippen LogP contribution in [0.3, 0.4) is 0 Å². The number of rotatable bonds is 4. The van der Waals surface area contributed by atoms with Gasteiger partial charge in [-0.25, -0.2) is 5.43 Å². The zero-order valence-electron chi connectivity index (χ0n) is 10.5. The molecule has 2 aromatic rings. The molecule has 19 heavy (non-hydrogen) atoms. The number of para-hydroxylation sites is 1. The zero-order chi connectivity index (χ0) is 13.5. The Hall–Kier alpha value is -2.62. The number of hydrazone groups is 1. The van der Waals surface area contributed by atoms with Crippen LogP contribution in [0.1, 0.15) is 12.5 Å². The molecule has 0 fully saturated rings.